The SMILES string of the molecule is Cc1nc2cc(Oc3ccc(Br)cc3C)c(N)cc2s1. The second-order valence-corrected chi connectivity index (χ2v) is 6.75. The molecule has 102 valence electrons. The van der Waals surface area contributed by atoms with Crippen LogP contribution in [0.5, 0.6) is 11.5 Å². The molecule has 0 fully saturated rings. The van der Waals surface area contributed by atoms with Crippen LogP contribution in [0.4, 0.5) is 5.69 Å². The van der Waals surface area contributed by atoms with Crippen LogP contribution in [-0.4, -0.2) is 4.98 Å². The first-order valence-corrected chi connectivity index (χ1v) is 7.74. The van der Waals surface area contributed by atoms with Gasteiger partial charge in [-0.25, -0.2) is 4.98 Å². The van der Waals surface area contributed by atoms with Gasteiger partial charge in [0.05, 0.1) is 20.9 Å². The lowest BCUT2D eigenvalue weighted by molar-refractivity contribution is 0.482. The number of aryl methyl sites for hydroxylation is 2. The van der Waals surface area contributed by atoms with Crippen LogP contribution in [0.15, 0.2) is 34.8 Å². The fourth-order valence-electron chi connectivity index (χ4n) is 2.02. The van der Waals surface area contributed by atoms with Gasteiger partial charge in [-0.3, -0.25) is 0 Å². The van der Waals surface area contributed by atoms with Gasteiger partial charge in [0, 0.05) is 10.5 Å². The molecule has 0 spiro atoms. The number of benzene rings is 2. The molecule has 0 atom stereocenters. The molecule has 3 rings (SSSR count). The number of aromatic nitrogens is 1. The first kappa shape index (κ1) is 13.4. The third-order valence-electron chi connectivity index (χ3n) is 2.98. The monoisotopic (exact) mass is 348 g/mol. The number of nitrogens with zero attached hydrogens (tertiary/aromatic N) is 1. The number of rotatable bonds is 2. The first-order chi connectivity index (χ1) is 9.52. The summed E-state index contributed by atoms with van der Waals surface area (Å²) in [5.74, 6) is 1.44. The summed E-state index contributed by atoms with van der Waals surface area (Å²) in [6, 6.07) is 9.70. The summed E-state index contributed by atoms with van der Waals surface area (Å²) in [5, 5.41) is 1.02. The number of hydrogen-bond acceptors (Lipinski definition) is 4. The van der Waals surface area contributed by atoms with Crippen LogP contribution in [0.25, 0.3) is 10.2 Å². The summed E-state index contributed by atoms with van der Waals surface area (Å²) < 4.78 is 8.04. The van der Waals surface area contributed by atoms with E-state index < -0.39 is 0 Å². The Hall–Kier alpha value is -1.59. The molecule has 20 heavy (non-hydrogen) atoms. The molecule has 2 aromatic carbocycles. The quantitative estimate of drug-likeness (QED) is 0.659. The summed E-state index contributed by atoms with van der Waals surface area (Å²) in [6.45, 7) is 3.99. The molecule has 0 saturated heterocycles. The van der Waals surface area contributed by atoms with E-state index in [4.69, 9.17) is 10.5 Å². The predicted molar refractivity (Wildman–Crippen MR) is 87.7 cm³/mol. The Morgan fingerprint density at radius 2 is 1.95 bits per heavy atom. The highest BCUT2D eigenvalue weighted by molar-refractivity contribution is 9.10. The van der Waals surface area contributed by atoms with Crippen molar-refractivity contribution in [1.82, 2.24) is 4.98 Å². The smallest absolute Gasteiger partial charge is 0.152 e. The molecule has 5 heteroatoms. The maximum Gasteiger partial charge on any atom is 0.152 e. The molecule has 2 N–H and O–H groups in total. The van der Waals surface area contributed by atoms with Crippen molar-refractivity contribution in [1.29, 1.82) is 0 Å². The van der Waals surface area contributed by atoms with E-state index in [0.717, 1.165) is 31.0 Å². The van der Waals surface area contributed by atoms with Crippen LogP contribution in [0, 0.1) is 13.8 Å². The lowest BCUT2D eigenvalue weighted by atomic mass is 10.2. The Morgan fingerprint density at radius 3 is 2.70 bits per heavy atom. The fraction of sp³-hybridized carbons (Fsp3) is 0.133. The predicted octanol–water partition coefficient (Wildman–Crippen LogP) is 5.05. The fourth-order valence-corrected chi connectivity index (χ4v) is 3.35. The summed E-state index contributed by atoms with van der Waals surface area (Å²) in [6.07, 6.45) is 0. The van der Waals surface area contributed by atoms with Gasteiger partial charge >= 0.3 is 0 Å². The molecular weight excluding hydrogens is 336 g/mol. The molecule has 3 aromatic rings. The highest BCUT2D eigenvalue weighted by Crippen LogP contribution is 2.35. The molecule has 0 bridgehead atoms. The molecule has 0 saturated carbocycles. The number of thiazole rings is 1. The minimum absolute atomic E-state index is 0.628. The Balaban J connectivity index is 2.03. The van der Waals surface area contributed by atoms with Crippen LogP contribution in [-0.2, 0) is 0 Å². The Morgan fingerprint density at radius 1 is 1.15 bits per heavy atom. The average Bonchev–Trinajstić information content (AvgIpc) is 2.72. The minimum Gasteiger partial charge on any atom is -0.455 e. The lowest BCUT2D eigenvalue weighted by Gasteiger charge is -2.11. The Kier molecular flexibility index (Phi) is 3.40. The van der Waals surface area contributed by atoms with E-state index >= 15 is 0 Å². The van der Waals surface area contributed by atoms with Crippen molar-refractivity contribution in [3.8, 4) is 11.5 Å². The number of nitrogens with two attached hydrogens (primary N) is 1. The molecule has 1 aromatic heterocycles. The van der Waals surface area contributed by atoms with Crippen molar-refractivity contribution >= 4 is 43.2 Å². The van der Waals surface area contributed by atoms with Gasteiger partial charge in [0.15, 0.2) is 5.75 Å². The van der Waals surface area contributed by atoms with Crippen molar-refractivity contribution in [3.63, 3.8) is 0 Å². The van der Waals surface area contributed by atoms with Crippen LogP contribution >= 0.6 is 27.3 Å². The topological polar surface area (TPSA) is 48.1 Å². The zero-order valence-electron chi connectivity index (χ0n) is 11.1. The molecule has 1 heterocycles. The van der Waals surface area contributed by atoms with Gasteiger partial charge in [-0.15, -0.1) is 11.3 Å². The second-order valence-electron chi connectivity index (χ2n) is 4.60. The normalized spacial score (nSPS) is 10.9. The highest BCUT2D eigenvalue weighted by atomic mass is 79.9. The lowest BCUT2D eigenvalue weighted by Crippen LogP contribution is -1.93. The Bertz CT molecular complexity index is 798. The summed E-state index contributed by atoms with van der Waals surface area (Å²) in [5.41, 5.74) is 8.67. The summed E-state index contributed by atoms with van der Waals surface area (Å²) in [4.78, 5) is 4.47. The molecule has 3 nitrogen and oxygen atoms in total. The van der Waals surface area contributed by atoms with Crippen LogP contribution in [0.3, 0.4) is 0 Å². The van der Waals surface area contributed by atoms with E-state index in [-0.39, 0.29) is 0 Å². The molecule has 0 aliphatic carbocycles. The van der Waals surface area contributed by atoms with Crippen molar-refractivity contribution in [2.45, 2.75) is 13.8 Å². The molecule has 0 aliphatic heterocycles. The van der Waals surface area contributed by atoms with Gasteiger partial charge in [0.25, 0.3) is 0 Å². The molecule has 0 aliphatic rings. The average molecular weight is 349 g/mol. The van der Waals surface area contributed by atoms with Gasteiger partial charge < -0.3 is 10.5 Å². The highest BCUT2D eigenvalue weighted by Gasteiger charge is 2.09. The molecule has 0 radical (unpaired) electrons. The van der Waals surface area contributed by atoms with Crippen molar-refractivity contribution in [3.05, 3.63) is 45.4 Å². The van der Waals surface area contributed by atoms with E-state index in [1.54, 1.807) is 11.3 Å². The number of nitrogen functional groups attached to an aromatic ring is 1. The zero-order valence-corrected chi connectivity index (χ0v) is 13.5. The van der Waals surface area contributed by atoms with E-state index in [2.05, 4.69) is 20.9 Å². The number of hydrogen-bond donors (Lipinski definition) is 1. The maximum absolute atomic E-state index is 6.07. The van der Waals surface area contributed by atoms with Gasteiger partial charge in [-0.05, 0) is 43.7 Å². The number of fused-ring (bicyclic) bond motifs is 1. The van der Waals surface area contributed by atoms with Gasteiger partial charge in [-0.2, -0.15) is 0 Å². The minimum atomic E-state index is 0.628. The Labute approximate surface area is 129 Å². The number of halogens is 1. The largest absolute Gasteiger partial charge is 0.455 e. The third kappa shape index (κ3) is 2.51. The summed E-state index contributed by atoms with van der Waals surface area (Å²) >= 11 is 5.08. The van der Waals surface area contributed by atoms with E-state index in [0.29, 0.717) is 11.4 Å². The zero-order chi connectivity index (χ0) is 14.3. The second kappa shape index (κ2) is 5.07. The van der Waals surface area contributed by atoms with Crippen molar-refractivity contribution in [2.75, 3.05) is 5.73 Å². The van der Waals surface area contributed by atoms with Crippen LogP contribution < -0.4 is 10.5 Å². The molecular formula is C15H13BrN2OS. The van der Waals surface area contributed by atoms with E-state index in [1.807, 2.05) is 44.2 Å². The van der Waals surface area contributed by atoms with E-state index in [9.17, 15) is 0 Å². The standard InChI is InChI=1S/C15H13BrN2OS/c1-8-5-10(16)3-4-13(8)19-14-7-12-15(6-11(14)17)20-9(2)18-12/h3-7H,17H2,1-2H3. The van der Waals surface area contributed by atoms with Crippen molar-refractivity contribution in [2.24, 2.45) is 0 Å². The first-order valence-electron chi connectivity index (χ1n) is 6.13. The van der Waals surface area contributed by atoms with Crippen molar-refractivity contribution < 1.29 is 4.74 Å². The van der Waals surface area contributed by atoms with Gasteiger partial charge in [0.1, 0.15) is 5.75 Å². The number of anilines is 1. The van der Waals surface area contributed by atoms with Gasteiger partial charge in [0.2, 0.25) is 0 Å². The van der Waals surface area contributed by atoms with Crippen LogP contribution in [0.2, 0.25) is 0 Å². The third-order valence-corrected chi connectivity index (χ3v) is 4.41. The number of ether oxygens (including phenoxy) is 1. The molecule has 0 unspecified atom stereocenters. The van der Waals surface area contributed by atoms with E-state index in [1.165, 1.54) is 0 Å². The summed E-state index contributed by atoms with van der Waals surface area (Å²) in [7, 11) is 0. The molecule has 0 amide bonds. The van der Waals surface area contributed by atoms with Gasteiger partial charge in [-0.1, -0.05) is 15.9 Å². The van der Waals surface area contributed by atoms with Crippen LogP contribution in [0.1, 0.15) is 10.6 Å². The maximum atomic E-state index is 6.07.